The molecule has 5 heteroatoms. The second-order valence-electron chi connectivity index (χ2n) is 8.01. The molecule has 0 spiro atoms. The fourth-order valence-electron chi connectivity index (χ4n) is 3.67. The Morgan fingerprint density at radius 1 is 1.03 bits per heavy atom. The number of hydrogen-bond acceptors (Lipinski definition) is 4. The number of Topliss-reactive ketones (excluding diaryl/α,β-unsaturated/α-hetero) is 1. The molecule has 4 nitrogen and oxygen atoms in total. The van der Waals surface area contributed by atoms with E-state index >= 15 is 0 Å². The molecule has 0 amide bonds. The molecule has 0 N–H and O–H groups in total. The number of aryl methyl sites for hydroxylation is 1. The Labute approximate surface area is 176 Å². The van der Waals surface area contributed by atoms with Crippen molar-refractivity contribution in [3.63, 3.8) is 0 Å². The van der Waals surface area contributed by atoms with E-state index in [4.69, 9.17) is 0 Å². The third-order valence-electron chi connectivity index (χ3n) is 5.99. The maximum Gasteiger partial charge on any atom is 0.191 e. The number of nitrogens with zero attached hydrogens (tertiary/aromatic N) is 3. The predicted octanol–water partition coefficient (Wildman–Crippen LogP) is 5.41. The van der Waals surface area contributed by atoms with E-state index in [0.29, 0.717) is 11.7 Å². The van der Waals surface area contributed by atoms with Crippen molar-refractivity contribution in [2.24, 2.45) is 0 Å². The van der Waals surface area contributed by atoms with Crippen LogP contribution in [0.4, 0.5) is 0 Å². The number of rotatable bonds is 7. The van der Waals surface area contributed by atoms with E-state index in [0.717, 1.165) is 28.7 Å². The van der Waals surface area contributed by atoms with Gasteiger partial charge in [0.2, 0.25) is 0 Å². The number of ketones is 1. The molecule has 1 aliphatic carbocycles. The lowest BCUT2D eigenvalue weighted by Gasteiger charge is -2.14. The van der Waals surface area contributed by atoms with Crippen LogP contribution in [0.25, 0.3) is 0 Å². The zero-order valence-electron chi connectivity index (χ0n) is 17.5. The first kappa shape index (κ1) is 19.9. The first-order valence-electron chi connectivity index (χ1n) is 10.2. The summed E-state index contributed by atoms with van der Waals surface area (Å²) in [7, 11) is 0. The van der Waals surface area contributed by atoms with Crippen molar-refractivity contribution in [2.45, 2.75) is 58.2 Å². The Kier molecular flexibility index (Phi) is 5.59. The minimum atomic E-state index is 0.154. The third kappa shape index (κ3) is 4.15. The van der Waals surface area contributed by atoms with E-state index in [9.17, 15) is 4.79 Å². The molecule has 1 heterocycles. The molecule has 1 aromatic heterocycles. The van der Waals surface area contributed by atoms with Crippen molar-refractivity contribution in [1.29, 1.82) is 0 Å². The Balaban J connectivity index is 1.55. The summed E-state index contributed by atoms with van der Waals surface area (Å²) < 4.78 is 2.20. The number of aromatic nitrogens is 3. The first-order valence-corrected chi connectivity index (χ1v) is 11.1. The molecule has 0 radical (unpaired) electrons. The van der Waals surface area contributed by atoms with Gasteiger partial charge in [-0.2, -0.15) is 0 Å². The van der Waals surface area contributed by atoms with Gasteiger partial charge in [0.15, 0.2) is 10.9 Å². The monoisotopic (exact) mass is 405 g/mol. The maximum atomic E-state index is 13.0. The summed E-state index contributed by atoms with van der Waals surface area (Å²) in [5, 5.41) is 9.73. The summed E-state index contributed by atoms with van der Waals surface area (Å²) in [5.41, 5.74) is 6.79. The topological polar surface area (TPSA) is 47.8 Å². The fraction of sp³-hybridized carbons (Fsp3) is 0.375. The molecule has 0 atom stereocenters. The lowest BCUT2D eigenvalue weighted by molar-refractivity contribution is 0.102. The van der Waals surface area contributed by atoms with Gasteiger partial charge in [-0.05, 0) is 74.4 Å². The Morgan fingerprint density at radius 3 is 2.45 bits per heavy atom. The van der Waals surface area contributed by atoms with Crippen LogP contribution in [0.3, 0.4) is 0 Å². The standard InChI is InChI=1S/C24H27N3OS/c1-15-12-21(18(4)17(3)16(15)2)22(28)14-29-24-26-25-23(20-10-11-20)27(24)13-19-8-6-5-7-9-19/h5-9,12,20H,10-11,13-14H2,1-4H3. The van der Waals surface area contributed by atoms with Gasteiger partial charge in [-0.15, -0.1) is 10.2 Å². The van der Waals surface area contributed by atoms with Gasteiger partial charge in [-0.1, -0.05) is 42.1 Å². The highest BCUT2D eigenvalue weighted by Crippen LogP contribution is 2.40. The quantitative estimate of drug-likeness (QED) is 0.389. The number of hydrogen-bond donors (Lipinski definition) is 0. The van der Waals surface area contributed by atoms with Crippen LogP contribution in [0.2, 0.25) is 0 Å². The van der Waals surface area contributed by atoms with Gasteiger partial charge in [-0.25, -0.2) is 0 Å². The van der Waals surface area contributed by atoms with Crippen molar-refractivity contribution in [3.8, 4) is 0 Å². The molecule has 2 aromatic carbocycles. The molecule has 0 unspecified atom stereocenters. The van der Waals surface area contributed by atoms with E-state index in [1.165, 1.54) is 46.9 Å². The Hall–Kier alpha value is -2.40. The SMILES string of the molecule is Cc1cc(C(=O)CSc2nnc(C3CC3)n2Cc2ccccc2)c(C)c(C)c1C. The summed E-state index contributed by atoms with van der Waals surface area (Å²) in [6.07, 6.45) is 2.36. The van der Waals surface area contributed by atoms with Crippen LogP contribution in [-0.4, -0.2) is 26.3 Å². The molecule has 4 rings (SSSR count). The van der Waals surface area contributed by atoms with Crippen molar-refractivity contribution in [3.05, 3.63) is 75.6 Å². The van der Waals surface area contributed by atoms with Crippen molar-refractivity contribution in [1.82, 2.24) is 14.8 Å². The number of thioether (sulfide) groups is 1. The number of benzene rings is 2. The molecule has 150 valence electrons. The smallest absolute Gasteiger partial charge is 0.191 e. The normalized spacial score (nSPS) is 13.7. The molecular formula is C24H27N3OS. The molecule has 29 heavy (non-hydrogen) atoms. The molecule has 0 aliphatic heterocycles. The fourth-order valence-corrected chi connectivity index (χ4v) is 4.50. The van der Waals surface area contributed by atoms with E-state index < -0.39 is 0 Å². The minimum Gasteiger partial charge on any atom is -0.301 e. The van der Waals surface area contributed by atoms with E-state index in [2.05, 4.69) is 59.8 Å². The minimum absolute atomic E-state index is 0.154. The van der Waals surface area contributed by atoms with E-state index in [1.54, 1.807) is 0 Å². The zero-order valence-corrected chi connectivity index (χ0v) is 18.3. The van der Waals surface area contributed by atoms with Crippen LogP contribution in [-0.2, 0) is 6.54 Å². The average molecular weight is 406 g/mol. The Bertz CT molecular complexity index is 1050. The number of carbonyl (C=O) groups is 1. The molecule has 1 saturated carbocycles. The highest BCUT2D eigenvalue weighted by Gasteiger charge is 2.30. The second-order valence-corrected chi connectivity index (χ2v) is 8.96. The van der Waals surface area contributed by atoms with Crippen LogP contribution in [0.5, 0.6) is 0 Å². The molecular weight excluding hydrogens is 378 g/mol. The highest BCUT2D eigenvalue weighted by molar-refractivity contribution is 7.99. The average Bonchev–Trinajstić information content (AvgIpc) is 3.50. The van der Waals surface area contributed by atoms with Crippen molar-refractivity contribution in [2.75, 3.05) is 5.75 Å². The lowest BCUT2D eigenvalue weighted by Crippen LogP contribution is -2.10. The summed E-state index contributed by atoms with van der Waals surface area (Å²) in [6.45, 7) is 9.08. The van der Waals surface area contributed by atoms with Crippen LogP contribution < -0.4 is 0 Å². The first-order chi connectivity index (χ1) is 14.0. The molecule has 3 aromatic rings. The summed E-state index contributed by atoms with van der Waals surface area (Å²) in [6, 6.07) is 12.4. The van der Waals surface area contributed by atoms with Gasteiger partial charge in [-0.3, -0.25) is 4.79 Å². The Morgan fingerprint density at radius 2 is 1.76 bits per heavy atom. The van der Waals surface area contributed by atoms with E-state index in [-0.39, 0.29) is 5.78 Å². The van der Waals surface area contributed by atoms with Crippen LogP contribution >= 0.6 is 11.8 Å². The molecule has 1 fully saturated rings. The molecule has 0 bridgehead atoms. The van der Waals surface area contributed by atoms with Gasteiger partial charge in [0.1, 0.15) is 5.82 Å². The van der Waals surface area contributed by atoms with Gasteiger partial charge in [0.05, 0.1) is 12.3 Å². The molecule has 1 aliphatic rings. The van der Waals surface area contributed by atoms with Gasteiger partial charge in [0.25, 0.3) is 0 Å². The molecule has 0 saturated heterocycles. The summed E-state index contributed by atoms with van der Waals surface area (Å²) >= 11 is 1.50. The van der Waals surface area contributed by atoms with Crippen LogP contribution in [0.1, 0.15) is 62.8 Å². The predicted molar refractivity (Wildman–Crippen MR) is 118 cm³/mol. The number of carbonyl (C=O) groups excluding carboxylic acids is 1. The maximum absolute atomic E-state index is 13.0. The van der Waals surface area contributed by atoms with Crippen molar-refractivity contribution < 1.29 is 4.79 Å². The third-order valence-corrected chi connectivity index (χ3v) is 6.95. The summed E-state index contributed by atoms with van der Waals surface area (Å²) in [4.78, 5) is 13.0. The van der Waals surface area contributed by atoms with Gasteiger partial charge in [0, 0.05) is 11.5 Å². The lowest BCUT2D eigenvalue weighted by atomic mass is 9.93. The van der Waals surface area contributed by atoms with Crippen molar-refractivity contribution >= 4 is 17.5 Å². The van der Waals surface area contributed by atoms with Crippen LogP contribution in [0, 0.1) is 27.7 Å². The second kappa shape index (κ2) is 8.15. The van der Waals surface area contributed by atoms with E-state index in [1.807, 2.05) is 19.1 Å². The van der Waals surface area contributed by atoms with Crippen LogP contribution in [0.15, 0.2) is 41.6 Å². The highest BCUT2D eigenvalue weighted by atomic mass is 32.2. The van der Waals surface area contributed by atoms with Gasteiger partial charge >= 0.3 is 0 Å². The largest absolute Gasteiger partial charge is 0.301 e. The zero-order chi connectivity index (χ0) is 20.5. The summed E-state index contributed by atoms with van der Waals surface area (Å²) in [5.74, 6) is 2.10. The van der Waals surface area contributed by atoms with Gasteiger partial charge < -0.3 is 4.57 Å².